The van der Waals surface area contributed by atoms with E-state index in [1.54, 1.807) is 6.92 Å². The van der Waals surface area contributed by atoms with Gasteiger partial charge in [-0.25, -0.2) is 21.2 Å². The molecule has 0 bridgehead atoms. The predicted molar refractivity (Wildman–Crippen MR) is 83.9 cm³/mol. The summed E-state index contributed by atoms with van der Waals surface area (Å²) in [5.74, 6) is -0.181. The Labute approximate surface area is 134 Å². The summed E-state index contributed by atoms with van der Waals surface area (Å²) in [4.78, 5) is -0.372. The van der Waals surface area contributed by atoms with Crippen LogP contribution in [0.5, 0.6) is 11.5 Å². The van der Waals surface area contributed by atoms with Crippen molar-refractivity contribution in [3.8, 4) is 11.5 Å². The van der Waals surface area contributed by atoms with Gasteiger partial charge >= 0.3 is 0 Å². The summed E-state index contributed by atoms with van der Waals surface area (Å²) in [6.07, 6.45) is 1.94. The van der Waals surface area contributed by atoms with Gasteiger partial charge in [-0.3, -0.25) is 0 Å². The lowest BCUT2D eigenvalue weighted by Crippen LogP contribution is -2.04. The zero-order valence-corrected chi connectivity index (χ0v) is 14.3. The van der Waals surface area contributed by atoms with Crippen LogP contribution >= 0.6 is 0 Å². The van der Waals surface area contributed by atoms with Gasteiger partial charge in [0.2, 0.25) is 0 Å². The van der Waals surface area contributed by atoms with E-state index >= 15 is 0 Å². The van der Waals surface area contributed by atoms with Crippen LogP contribution in [-0.4, -0.2) is 29.3 Å². The van der Waals surface area contributed by atoms with E-state index in [4.69, 9.17) is 4.74 Å². The molecule has 0 N–H and O–H groups in total. The van der Waals surface area contributed by atoms with Crippen molar-refractivity contribution >= 4 is 19.7 Å². The highest BCUT2D eigenvalue weighted by Crippen LogP contribution is 2.31. The molecule has 0 radical (unpaired) electrons. The number of sulfone groups is 2. The maximum absolute atomic E-state index is 13.3. The number of hydrogen-bond donors (Lipinski definition) is 0. The molecule has 0 atom stereocenters. The fourth-order valence-electron chi connectivity index (χ4n) is 1.90. The first-order chi connectivity index (χ1) is 10.5. The van der Waals surface area contributed by atoms with Crippen LogP contribution < -0.4 is 4.74 Å². The van der Waals surface area contributed by atoms with Crippen LogP contribution in [0.2, 0.25) is 0 Å². The van der Waals surface area contributed by atoms with E-state index < -0.39 is 25.5 Å². The van der Waals surface area contributed by atoms with E-state index in [-0.39, 0.29) is 21.3 Å². The van der Waals surface area contributed by atoms with Crippen molar-refractivity contribution in [2.45, 2.75) is 16.7 Å². The lowest BCUT2D eigenvalue weighted by molar-refractivity contribution is 0.464. The van der Waals surface area contributed by atoms with Gasteiger partial charge in [0.05, 0.1) is 4.90 Å². The molecule has 2 aromatic carbocycles. The predicted octanol–water partition coefficient (Wildman–Crippen LogP) is 2.73. The van der Waals surface area contributed by atoms with Gasteiger partial charge in [-0.05, 0) is 48.9 Å². The molecule has 0 amide bonds. The van der Waals surface area contributed by atoms with Gasteiger partial charge in [0.25, 0.3) is 0 Å². The van der Waals surface area contributed by atoms with Crippen LogP contribution in [0, 0.1) is 12.7 Å². The van der Waals surface area contributed by atoms with E-state index in [2.05, 4.69) is 0 Å². The fourth-order valence-corrected chi connectivity index (χ4v) is 3.44. The first-order valence-electron chi connectivity index (χ1n) is 6.46. The number of benzene rings is 2. The summed E-state index contributed by atoms with van der Waals surface area (Å²) in [6.45, 7) is 1.55. The first-order valence-corrected chi connectivity index (χ1v) is 10.2. The largest absolute Gasteiger partial charge is 0.456 e. The van der Waals surface area contributed by atoms with E-state index in [0.717, 1.165) is 18.6 Å². The summed E-state index contributed by atoms with van der Waals surface area (Å²) >= 11 is 0. The van der Waals surface area contributed by atoms with Crippen molar-refractivity contribution in [2.24, 2.45) is 0 Å². The minimum absolute atomic E-state index is 0.0223. The standard InChI is InChI=1S/C15H15FO5S2/c1-10-8-11(4-6-13(10)16)21-14-7-5-12(22(2,17)18)9-15(14)23(3,19)20/h4-9H,1-3H3. The van der Waals surface area contributed by atoms with Gasteiger partial charge in [0, 0.05) is 12.5 Å². The third-order valence-corrected chi connectivity index (χ3v) is 5.33. The Bertz CT molecular complexity index is 963. The molecule has 0 saturated carbocycles. The van der Waals surface area contributed by atoms with Crippen molar-refractivity contribution in [3.63, 3.8) is 0 Å². The number of rotatable bonds is 4. The van der Waals surface area contributed by atoms with Gasteiger partial charge < -0.3 is 4.74 Å². The van der Waals surface area contributed by atoms with Gasteiger partial charge in [-0.2, -0.15) is 0 Å². The molecular weight excluding hydrogens is 343 g/mol. The average Bonchev–Trinajstić information content (AvgIpc) is 2.41. The second-order valence-electron chi connectivity index (χ2n) is 5.17. The number of hydrogen-bond acceptors (Lipinski definition) is 5. The summed E-state index contributed by atoms with van der Waals surface area (Å²) in [6, 6.07) is 7.57. The minimum atomic E-state index is -3.72. The molecule has 124 valence electrons. The van der Waals surface area contributed by atoms with Crippen LogP contribution in [0.25, 0.3) is 0 Å². The highest BCUT2D eigenvalue weighted by molar-refractivity contribution is 7.91. The maximum atomic E-state index is 13.3. The lowest BCUT2D eigenvalue weighted by Gasteiger charge is -2.12. The molecule has 2 aromatic rings. The van der Waals surface area contributed by atoms with Crippen molar-refractivity contribution in [1.29, 1.82) is 0 Å². The SMILES string of the molecule is Cc1cc(Oc2ccc(S(C)(=O)=O)cc2S(C)(=O)=O)ccc1F. The van der Waals surface area contributed by atoms with Crippen LogP contribution in [0.1, 0.15) is 5.56 Å². The summed E-state index contributed by atoms with van der Waals surface area (Å²) in [7, 11) is -7.28. The van der Waals surface area contributed by atoms with Crippen LogP contribution in [0.4, 0.5) is 4.39 Å². The lowest BCUT2D eigenvalue weighted by atomic mass is 10.2. The Morgan fingerprint density at radius 2 is 1.57 bits per heavy atom. The topological polar surface area (TPSA) is 77.5 Å². The Hall–Kier alpha value is -1.93. The molecule has 0 saturated heterocycles. The van der Waals surface area contributed by atoms with Gasteiger partial charge in [-0.15, -0.1) is 0 Å². The molecule has 0 aliphatic carbocycles. The number of aryl methyl sites for hydroxylation is 1. The van der Waals surface area contributed by atoms with E-state index in [1.165, 1.54) is 30.3 Å². The second kappa shape index (κ2) is 5.93. The normalized spacial score (nSPS) is 12.2. The molecule has 0 aliphatic heterocycles. The molecule has 5 nitrogen and oxygen atoms in total. The zero-order chi connectivity index (χ0) is 17.4. The van der Waals surface area contributed by atoms with Crippen LogP contribution in [0.15, 0.2) is 46.2 Å². The monoisotopic (exact) mass is 358 g/mol. The maximum Gasteiger partial charge on any atom is 0.179 e. The van der Waals surface area contributed by atoms with Crippen LogP contribution in [0.3, 0.4) is 0 Å². The van der Waals surface area contributed by atoms with Crippen molar-refractivity contribution in [3.05, 3.63) is 47.8 Å². The van der Waals surface area contributed by atoms with Crippen LogP contribution in [-0.2, 0) is 19.7 Å². The molecule has 23 heavy (non-hydrogen) atoms. The highest BCUT2D eigenvalue weighted by Gasteiger charge is 2.19. The molecule has 0 aliphatic rings. The minimum Gasteiger partial charge on any atom is -0.456 e. The van der Waals surface area contributed by atoms with Crippen molar-refractivity contribution in [1.82, 2.24) is 0 Å². The van der Waals surface area contributed by atoms with E-state index in [0.29, 0.717) is 5.56 Å². The Morgan fingerprint density at radius 3 is 2.09 bits per heavy atom. The Kier molecular flexibility index (Phi) is 4.50. The zero-order valence-electron chi connectivity index (χ0n) is 12.7. The second-order valence-corrected chi connectivity index (χ2v) is 9.17. The smallest absolute Gasteiger partial charge is 0.179 e. The Morgan fingerprint density at radius 1 is 0.913 bits per heavy atom. The van der Waals surface area contributed by atoms with E-state index in [1.807, 2.05) is 0 Å². The molecule has 0 spiro atoms. The molecule has 0 heterocycles. The fraction of sp³-hybridized carbons (Fsp3) is 0.200. The first kappa shape index (κ1) is 17.4. The molecule has 8 heteroatoms. The van der Waals surface area contributed by atoms with Crippen molar-refractivity contribution in [2.75, 3.05) is 12.5 Å². The number of halogens is 1. The molecular formula is C15H15FO5S2. The van der Waals surface area contributed by atoms with Crippen molar-refractivity contribution < 1.29 is 26.0 Å². The Balaban J connectivity index is 2.56. The molecule has 0 unspecified atom stereocenters. The van der Waals surface area contributed by atoms with Gasteiger partial charge in [0.15, 0.2) is 19.7 Å². The highest BCUT2D eigenvalue weighted by atomic mass is 32.2. The average molecular weight is 358 g/mol. The van der Waals surface area contributed by atoms with Gasteiger partial charge in [-0.1, -0.05) is 0 Å². The van der Waals surface area contributed by atoms with E-state index in [9.17, 15) is 21.2 Å². The summed E-state index contributed by atoms with van der Waals surface area (Å²) in [5, 5.41) is 0. The quantitative estimate of drug-likeness (QED) is 0.840. The number of ether oxygens (including phenoxy) is 1. The third kappa shape index (κ3) is 4.08. The third-order valence-electron chi connectivity index (χ3n) is 3.10. The molecule has 2 rings (SSSR count). The van der Waals surface area contributed by atoms with Gasteiger partial charge in [0.1, 0.15) is 22.2 Å². The summed E-state index contributed by atoms with van der Waals surface area (Å²) in [5.41, 5.74) is 0.344. The molecule has 0 fully saturated rings. The summed E-state index contributed by atoms with van der Waals surface area (Å²) < 4.78 is 65.8. The molecule has 0 aromatic heterocycles.